The Hall–Kier alpha value is -1.94. The molecule has 4 heteroatoms. The molecule has 2 aromatic rings. The largest absolute Gasteiger partial charge is 0.363 e. The lowest BCUT2D eigenvalue weighted by Crippen LogP contribution is -2.22. The molecule has 0 N–H and O–H groups in total. The van der Waals surface area contributed by atoms with Crippen LogP contribution in [-0.4, -0.2) is 36.0 Å². The summed E-state index contributed by atoms with van der Waals surface area (Å²) in [7, 11) is 6.12. The summed E-state index contributed by atoms with van der Waals surface area (Å²) in [6, 6.07) is 8.61. The van der Waals surface area contributed by atoms with E-state index in [1.54, 1.807) is 6.20 Å². The predicted molar refractivity (Wildman–Crippen MR) is 82.7 cm³/mol. The van der Waals surface area contributed by atoms with Gasteiger partial charge in [-0.05, 0) is 37.2 Å². The minimum Gasteiger partial charge on any atom is -0.363 e. The molecule has 2 aromatic heterocycles. The van der Waals surface area contributed by atoms with Crippen LogP contribution >= 0.6 is 0 Å². The quantitative estimate of drug-likeness (QED) is 0.836. The molecular formula is C16H22N4. The topological polar surface area (TPSA) is 32.3 Å². The first-order valence-corrected chi connectivity index (χ1v) is 6.80. The van der Waals surface area contributed by atoms with E-state index in [1.165, 1.54) is 11.1 Å². The standard InChI is InChI=1S/C16H22N4/c1-13(15-6-5-9-17-11-15)20(4)12-14-7-8-16(18-10-14)19(2)3/h5-11,13H,12H2,1-4H3. The second kappa shape index (κ2) is 6.48. The van der Waals surface area contributed by atoms with E-state index in [4.69, 9.17) is 0 Å². The molecule has 0 aromatic carbocycles. The molecule has 0 saturated carbocycles. The fourth-order valence-corrected chi connectivity index (χ4v) is 2.08. The minimum absolute atomic E-state index is 0.331. The van der Waals surface area contributed by atoms with Gasteiger partial charge >= 0.3 is 0 Å². The van der Waals surface area contributed by atoms with Gasteiger partial charge in [0.25, 0.3) is 0 Å². The zero-order valence-electron chi connectivity index (χ0n) is 12.6. The van der Waals surface area contributed by atoms with Crippen LogP contribution in [0.15, 0.2) is 42.9 Å². The highest BCUT2D eigenvalue weighted by molar-refractivity contribution is 5.37. The summed E-state index contributed by atoms with van der Waals surface area (Å²) in [5.41, 5.74) is 2.45. The van der Waals surface area contributed by atoms with Crippen molar-refractivity contribution < 1.29 is 0 Å². The Morgan fingerprint density at radius 1 is 1.10 bits per heavy atom. The molecule has 106 valence electrons. The number of rotatable bonds is 5. The van der Waals surface area contributed by atoms with Gasteiger partial charge in [0.2, 0.25) is 0 Å². The van der Waals surface area contributed by atoms with Gasteiger partial charge in [-0.25, -0.2) is 4.98 Å². The molecule has 0 bridgehead atoms. The van der Waals surface area contributed by atoms with Crippen molar-refractivity contribution >= 4 is 5.82 Å². The van der Waals surface area contributed by atoms with E-state index in [0.717, 1.165) is 12.4 Å². The van der Waals surface area contributed by atoms with Crippen molar-refractivity contribution in [3.63, 3.8) is 0 Å². The summed E-state index contributed by atoms with van der Waals surface area (Å²) in [6.07, 6.45) is 5.68. The first-order valence-electron chi connectivity index (χ1n) is 6.80. The van der Waals surface area contributed by atoms with Crippen LogP contribution in [-0.2, 0) is 6.54 Å². The Morgan fingerprint density at radius 3 is 2.45 bits per heavy atom. The second-order valence-corrected chi connectivity index (χ2v) is 5.30. The van der Waals surface area contributed by atoms with Gasteiger partial charge in [-0.2, -0.15) is 0 Å². The molecule has 2 rings (SSSR count). The second-order valence-electron chi connectivity index (χ2n) is 5.30. The van der Waals surface area contributed by atoms with Gasteiger partial charge in [-0.3, -0.25) is 9.88 Å². The van der Waals surface area contributed by atoms with Gasteiger partial charge in [0.15, 0.2) is 0 Å². The molecule has 20 heavy (non-hydrogen) atoms. The number of hydrogen-bond acceptors (Lipinski definition) is 4. The van der Waals surface area contributed by atoms with Crippen molar-refractivity contribution in [3.8, 4) is 0 Å². The van der Waals surface area contributed by atoms with Gasteiger partial charge in [0.05, 0.1) is 0 Å². The van der Waals surface area contributed by atoms with Crippen LogP contribution in [0.3, 0.4) is 0 Å². The normalized spacial score (nSPS) is 12.4. The number of pyridine rings is 2. The van der Waals surface area contributed by atoms with Crippen LogP contribution in [0.1, 0.15) is 24.1 Å². The van der Waals surface area contributed by atoms with Crippen molar-refractivity contribution in [2.45, 2.75) is 19.5 Å². The summed E-state index contributed by atoms with van der Waals surface area (Å²) < 4.78 is 0. The van der Waals surface area contributed by atoms with Gasteiger partial charge in [-0.15, -0.1) is 0 Å². The number of aromatic nitrogens is 2. The van der Waals surface area contributed by atoms with Crippen LogP contribution in [0.5, 0.6) is 0 Å². The molecule has 0 spiro atoms. The van der Waals surface area contributed by atoms with Crippen molar-refractivity contribution in [2.75, 3.05) is 26.0 Å². The average Bonchev–Trinajstić information content (AvgIpc) is 2.48. The van der Waals surface area contributed by atoms with Crippen molar-refractivity contribution in [1.29, 1.82) is 0 Å². The SMILES string of the molecule is CC(c1cccnc1)N(C)Cc1ccc(N(C)C)nc1. The zero-order valence-corrected chi connectivity index (χ0v) is 12.6. The lowest BCUT2D eigenvalue weighted by Gasteiger charge is -2.25. The average molecular weight is 270 g/mol. The summed E-state index contributed by atoms with van der Waals surface area (Å²) in [6.45, 7) is 3.06. The van der Waals surface area contributed by atoms with Gasteiger partial charge in [-0.1, -0.05) is 12.1 Å². The maximum Gasteiger partial charge on any atom is 0.127 e. The number of anilines is 1. The third-order valence-corrected chi connectivity index (χ3v) is 3.53. The van der Waals surface area contributed by atoms with Crippen LogP contribution in [0.4, 0.5) is 5.82 Å². The Morgan fingerprint density at radius 2 is 1.90 bits per heavy atom. The maximum absolute atomic E-state index is 4.45. The van der Waals surface area contributed by atoms with E-state index in [9.17, 15) is 0 Å². The molecule has 0 fully saturated rings. The zero-order chi connectivity index (χ0) is 14.5. The summed E-state index contributed by atoms with van der Waals surface area (Å²) >= 11 is 0. The Bertz CT molecular complexity index is 522. The fraction of sp³-hybridized carbons (Fsp3) is 0.375. The van der Waals surface area contributed by atoms with Gasteiger partial charge in [0.1, 0.15) is 5.82 Å². The van der Waals surface area contributed by atoms with Crippen LogP contribution in [0, 0.1) is 0 Å². The number of nitrogens with zero attached hydrogens (tertiary/aromatic N) is 4. The molecule has 2 heterocycles. The molecule has 0 radical (unpaired) electrons. The summed E-state index contributed by atoms with van der Waals surface area (Å²) in [5.74, 6) is 0.983. The lowest BCUT2D eigenvalue weighted by molar-refractivity contribution is 0.252. The smallest absolute Gasteiger partial charge is 0.127 e. The van der Waals surface area contributed by atoms with Crippen molar-refractivity contribution in [2.24, 2.45) is 0 Å². The Labute approximate surface area is 121 Å². The van der Waals surface area contributed by atoms with Gasteiger partial charge < -0.3 is 4.90 Å². The van der Waals surface area contributed by atoms with Crippen LogP contribution < -0.4 is 4.90 Å². The third kappa shape index (κ3) is 3.54. The Balaban J connectivity index is 2.02. The molecule has 0 aliphatic heterocycles. The molecule has 1 atom stereocenters. The van der Waals surface area contributed by atoms with Crippen LogP contribution in [0.2, 0.25) is 0 Å². The van der Waals surface area contributed by atoms with E-state index in [1.807, 2.05) is 37.5 Å². The summed E-state index contributed by atoms with van der Waals surface area (Å²) in [4.78, 5) is 12.9. The van der Waals surface area contributed by atoms with E-state index in [-0.39, 0.29) is 0 Å². The molecule has 4 nitrogen and oxygen atoms in total. The third-order valence-electron chi connectivity index (χ3n) is 3.53. The van der Waals surface area contributed by atoms with E-state index < -0.39 is 0 Å². The minimum atomic E-state index is 0.331. The van der Waals surface area contributed by atoms with E-state index in [2.05, 4.69) is 47.0 Å². The van der Waals surface area contributed by atoms with Crippen molar-refractivity contribution in [3.05, 3.63) is 54.0 Å². The number of hydrogen-bond donors (Lipinski definition) is 0. The molecular weight excluding hydrogens is 248 g/mol. The van der Waals surface area contributed by atoms with E-state index in [0.29, 0.717) is 6.04 Å². The first-order chi connectivity index (χ1) is 9.58. The highest BCUT2D eigenvalue weighted by atomic mass is 15.1. The molecule has 0 aliphatic carbocycles. The van der Waals surface area contributed by atoms with E-state index >= 15 is 0 Å². The predicted octanol–water partition coefficient (Wildman–Crippen LogP) is 2.74. The van der Waals surface area contributed by atoms with Crippen molar-refractivity contribution in [1.82, 2.24) is 14.9 Å². The molecule has 0 saturated heterocycles. The van der Waals surface area contributed by atoms with Crippen LogP contribution in [0.25, 0.3) is 0 Å². The molecule has 0 amide bonds. The summed E-state index contributed by atoms with van der Waals surface area (Å²) in [5, 5.41) is 0. The van der Waals surface area contributed by atoms with Gasteiger partial charge in [0, 0.05) is 45.3 Å². The monoisotopic (exact) mass is 270 g/mol. The Kier molecular flexibility index (Phi) is 4.69. The molecule has 0 aliphatic rings. The molecule has 1 unspecified atom stereocenters. The highest BCUT2D eigenvalue weighted by Crippen LogP contribution is 2.19. The fourth-order valence-electron chi connectivity index (χ4n) is 2.08. The first kappa shape index (κ1) is 14.5. The lowest BCUT2D eigenvalue weighted by atomic mass is 10.1. The maximum atomic E-state index is 4.45. The highest BCUT2D eigenvalue weighted by Gasteiger charge is 2.12.